The molecule has 0 heterocycles. The SMILES string of the molecule is CC(O)C(C)c1ccccc1. The lowest BCUT2D eigenvalue weighted by Gasteiger charge is -2.14. The molecular formula is C10H14O. The molecule has 0 saturated heterocycles. The molecule has 2 atom stereocenters. The Bertz CT molecular complexity index is 203. The maximum Gasteiger partial charge on any atom is 0.0577 e. The topological polar surface area (TPSA) is 20.2 Å². The lowest BCUT2D eigenvalue weighted by molar-refractivity contribution is 0.169. The minimum Gasteiger partial charge on any atom is -0.393 e. The fourth-order valence-corrected chi connectivity index (χ4v) is 1.04. The summed E-state index contributed by atoms with van der Waals surface area (Å²) in [5, 5.41) is 9.27. The maximum absolute atomic E-state index is 9.27. The van der Waals surface area contributed by atoms with Gasteiger partial charge < -0.3 is 5.11 Å². The zero-order chi connectivity index (χ0) is 8.27. The van der Waals surface area contributed by atoms with E-state index >= 15 is 0 Å². The summed E-state index contributed by atoms with van der Waals surface area (Å²) in [5.41, 5.74) is 1.20. The number of aliphatic hydroxyl groups excluding tert-OH is 1. The maximum atomic E-state index is 9.27. The van der Waals surface area contributed by atoms with Gasteiger partial charge in [0.05, 0.1) is 6.10 Å². The smallest absolute Gasteiger partial charge is 0.0577 e. The standard InChI is InChI=1S/C10H14O/c1-8(9(2)11)10-6-4-3-5-7-10/h3-9,11H,1-2H3. The third-order valence-corrected chi connectivity index (χ3v) is 2.05. The average Bonchev–Trinajstić information content (AvgIpc) is 2.05. The van der Waals surface area contributed by atoms with Gasteiger partial charge in [0, 0.05) is 5.92 Å². The number of hydrogen-bond donors (Lipinski definition) is 1. The van der Waals surface area contributed by atoms with Crippen LogP contribution in [0.5, 0.6) is 0 Å². The third-order valence-electron chi connectivity index (χ3n) is 2.05. The fraction of sp³-hybridized carbons (Fsp3) is 0.400. The molecule has 0 aliphatic heterocycles. The molecule has 60 valence electrons. The Labute approximate surface area is 67.7 Å². The number of aliphatic hydroxyl groups is 1. The van der Waals surface area contributed by atoms with Gasteiger partial charge in [-0.3, -0.25) is 0 Å². The summed E-state index contributed by atoms with van der Waals surface area (Å²) >= 11 is 0. The predicted octanol–water partition coefficient (Wildman–Crippen LogP) is 2.17. The fourth-order valence-electron chi connectivity index (χ4n) is 1.04. The van der Waals surface area contributed by atoms with Gasteiger partial charge in [-0.2, -0.15) is 0 Å². The molecule has 1 nitrogen and oxygen atoms in total. The first-order valence-corrected chi connectivity index (χ1v) is 3.95. The van der Waals surface area contributed by atoms with E-state index in [0.717, 1.165) is 0 Å². The first-order valence-electron chi connectivity index (χ1n) is 3.95. The Morgan fingerprint density at radius 2 is 1.64 bits per heavy atom. The van der Waals surface area contributed by atoms with Crippen LogP contribution in [0.1, 0.15) is 25.3 Å². The van der Waals surface area contributed by atoms with E-state index in [-0.39, 0.29) is 12.0 Å². The van der Waals surface area contributed by atoms with Gasteiger partial charge in [-0.25, -0.2) is 0 Å². The van der Waals surface area contributed by atoms with E-state index in [2.05, 4.69) is 0 Å². The highest BCUT2D eigenvalue weighted by atomic mass is 16.3. The Morgan fingerprint density at radius 3 is 2.09 bits per heavy atom. The Morgan fingerprint density at radius 1 is 1.09 bits per heavy atom. The summed E-state index contributed by atoms with van der Waals surface area (Å²) in [5.74, 6) is 0.233. The summed E-state index contributed by atoms with van der Waals surface area (Å²) in [4.78, 5) is 0. The van der Waals surface area contributed by atoms with Crippen LogP contribution in [0.4, 0.5) is 0 Å². The minimum absolute atomic E-state index is 0.233. The van der Waals surface area contributed by atoms with Crippen molar-refractivity contribution in [3.05, 3.63) is 35.9 Å². The summed E-state index contributed by atoms with van der Waals surface area (Å²) < 4.78 is 0. The lowest BCUT2D eigenvalue weighted by Crippen LogP contribution is -2.10. The highest BCUT2D eigenvalue weighted by molar-refractivity contribution is 5.19. The second-order valence-electron chi connectivity index (χ2n) is 2.94. The van der Waals surface area contributed by atoms with Crippen molar-refractivity contribution in [2.75, 3.05) is 0 Å². The largest absolute Gasteiger partial charge is 0.393 e. The first-order chi connectivity index (χ1) is 5.22. The minimum atomic E-state index is -0.266. The molecule has 0 aromatic heterocycles. The van der Waals surface area contributed by atoms with Crippen LogP contribution in [0, 0.1) is 0 Å². The van der Waals surface area contributed by atoms with Gasteiger partial charge in [-0.15, -0.1) is 0 Å². The molecular weight excluding hydrogens is 136 g/mol. The van der Waals surface area contributed by atoms with Crippen molar-refractivity contribution in [1.29, 1.82) is 0 Å². The van der Waals surface area contributed by atoms with Crippen molar-refractivity contribution >= 4 is 0 Å². The molecule has 1 aromatic carbocycles. The normalized spacial score (nSPS) is 15.9. The van der Waals surface area contributed by atoms with Crippen molar-refractivity contribution in [2.45, 2.75) is 25.9 Å². The molecule has 0 aliphatic carbocycles. The quantitative estimate of drug-likeness (QED) is 0.685. The van der Waals surface area contributed by atoms with Gasteiger partial charge in [0.15, 0.2) is 0 Å². The van der Waals surface area contributed by atoms with E-state index in [9.17, 15) is 5.11 Å². The van der Waals surface area contributed by atoms with E-state index in [1.807, 2.05) is 44.2 Å². The van der Waals surface area contributed by atoms with E-state index in [1.165, 1.54) is 5.56 Å². The second-order valence-corrected chi connectivity index (χ2v) is 2.94. The van der Waals surface area contributed by atoms with E-state index in [0.29, 0.717) is 0 Å². The average molecular weight is 150 g/mol. The molecule has 1 heteroatoms. The molecule has 11 heavy (non-hydrogen) atoms. The summed E-state index contributed by atoms with van der Waals surface area (Å²) in [6.07, 6.45) is -0.266. The summed E-state index contributed by atoms with van der Waals surface area (Å²) in [6.45, 7) is 3.84. The molecule has 0 spiro atoms. The molecule has 0 fully saturated rings. The molecule has 0 saturated carbocycles. The van der Waals surface area contributed by atoms with Gasteiger partial charge >= 0.3 is 0 Å². The van der Waals surface area contributed by atoms with Crippen LogP contribution in [0.3, 0.4) is 0 Å². The summed E-state index contributed by atoms with van der Waals surface area (Å²) in [6, 6.07) is 10.1. The van der Waals surface area contributed by atoms with Crippen LogP contribution >= 0.6 is 0 Å². The van der Waals surface area contributed by atoms with Crippen LogP contribution in [-0.2, 0) is 0 Å². The van der Waals surface area contributed by atoms with Crippen LogP contribution < -0.4 is 0 Å². The van der Waals surface area contributed by atoms with Gasteiger partial charge in [0.25, 0.3) is 0 Å². The van der Waals surface area contributed by atoms with Crippen LogP contribution in [0.2, 0.25) is 0 Å². The molecule has 1 N–H and O–H groups in total. The molecule has 0 aliphatic rings. The van der Waals surface area contributed by atoms with E-state index in [1.54, 1.807) is 0 Å². The molecule has 2 unspecified atom stereocenters. The molecule has 1 rings (SSSR count). The highest BCUT2D eigenvalue weighted by Crippen LogP contribution is 2.17. The van der Waals surface area contributed by atoms with Crippen molar-refractivity contribution < 1.29 is 5.11 Å². The van der Waals surface area contributed by atoms with E-state index < -0.39 is 0 Å². The van der Waals surface area contributed by atoms with Crippen LogP contribution in [0.15, 0.2) is 30.3 Å². The molecule has 0 radical (unpaired) electrons. The summed E-state index contributed by atoms with van der Waals surface area (Å²) in [7, 11) is 0. The van der Waals surface area contributed by atoms with Crippen molar-refractivity contribution in [3.8, 4) is 0 Å². The number of rotatable bonds is 2. The second kappa shape index (κ2) is 3.54. The number of benzene rings is 1. The molecule has 0 amide bonds. The zero-order valence-corrected chi connectivity index (χ0v) is 6.99. The Balaban J connectivity index is 2.77. The van der Waals surface area contributed by atoms with Crippen LogP contribution in [-0.4, -0.2) is 11.2 Å². The zero-order valence-electron chi connectivity index (χ0n) is 6.99. The van der Waals surface area contributed by atoms with E-state index in [4.69, 9.17) is 0 Å². The van der Waals surface area contributed by atoms with Gasteiger partial charge in [-0.05, 0) is 12.5 Å². The number of hydrogen-bond acceptors (Lipinski definition) is 1. The Hall–Kier alpha value is -0.820. The van der Waals surface area contributed by atoms with Crippen molar-refractivity contribution in [1.82, 2.24) is 0 Å². The van der Waals surface area contributed by atoms with Gasteiger partial charge in [0.1, 0.15) is 0 Å². The monoisotopic (exact) mass is 150 g/mol. The first kappa shape index (κ1) is 8.28. The molecule has 0 bridgehead atoms. The lowest BCUT2D eigenvalue weighted by atomic mass is 9.97. The van der Waals surface area contributed by atoms with Crippen molar-refractivity contribution in [3.63, 3.8) is 0 Å². The van der Waals surface area contributed by atoms with Crippen molar-refractivity contribution in [2.24, 2.45) is 0 Å². The predicted molar refractivity (Wildman–Crippen MR) is 46.5 cm³/mol. The highest BCUT2D eigenvalue weighted by Gasteiger charge is 2.09. The Kier molecular flexibility index (Phi) is 2.66. The van der Waals surface area contributed by atoms with Gasteiger partial charge in [-0.1, -0.05) is 37.3 Å². The van der Waals surface area contributed by atoms with Crippen LogP contribution in [0.25, 0.3) is 0 Å². The molecule has 1 aromatic rings. The van der Waals surface area contributed by atoms with Gasteiger partial charge in [0.2, 0.25) is 0 Å². The third kappa shape index (κ3) is 2.05.